The van der Waals surface area contributed by atoms with Gasteiger partial charge < -0.3 is 10.6 Å². The van der Waals surface area contributed by atoms with Crippen LogP contribution in [0.1, 0.15) is 57.0 Å². The number of amides is 1. The number of nitrogens with zero attached hydrogens (tertiary/aromatic N) is 3. The fourth-order valence-electron chi connectivity index (χ4n) is 2.46. The topological polar surface area (TPSA) is 87.9 Å². The van der Waals surface area contributed by atoms with Crippen LogP contribution >= 0.6 is 0 Å². The number of carbonyl (C=O) groups excluding carboxylic acids is 1. The van der Waals surface area contributed by atoms with Crippen LogP contribution in [-0.4, -0.2) is 45.1 Å². The fourth-order valence-corrected chi connectivity index (χ4v) is 2.46. The van der Waals surface area contributed by atoms with Crippen LogP contribution in [0.15, 0.2) is 0 Å². The van der Waals surface area contributed by atoms with Crippen LogP contribution < -0.4 is 5.73 Å². The van der Waals surface area contributed by atoms with Crippen molar-refractivity contribution in [3.05, 3.63) is 11.6 Å². The minimum atomic E-state index is -0.131. The molecule has 0 aromatic carbocycles. The monoisotopic (exact) mass is 279 g/mol. The lowest BCUT2D eigenvalue weighted by atomic mass is 9.91. The van der Waals surface area contributed by atoms with Crippen molar-refractivity contribution < 1.29 is 4.79 Å². The summed E-state index contributed by atoms with van der Waals surface area (Å²) in [5, 5.41) is 6.92. The third-order valence-corrected chi connectivity index (χ3v) is 3.96. The summed E-state index contributed by atoms with van der Waals surface area (Å²) in [4.78, 5) is 18.5. The van der Waals surface area contributed by atoms with Gasteiger partial charge in [-0.25, -0.2) is 4.98 Å². The molecule has 2 rings (SSSR count). The van der Waals surface area contributed by atoms with Crippen molar-refractivity contribution in [3.63, 3.8) is 0 Å². The average molecular weight is 279 g/mol. The van der Waals surface area contributed by atoms with Gasteiger partial charge in [-0.15, -0.1) is 5.10 Å². The molecule has 1 aliphatic heterocycles. The van der Waals surface area contributed by atoms with Crippen LogP contribution in [0, 0.1) is 5.92 Å². The van der Waals surface area contributed by atoms with Gasteiger partial charge in [0.05, 0.1) is 0 Å². The zero-order valence-electron chi connectivity index (χ0n) is 12.8. The first-order valence-electron chi connectivity index (χ1n) is 7.27. The number of piperidine rings is 1. The quantitative estimate of drug-likeness (QED) is 0.854. The second kappa shape index (κ2) is 5.52. The Labute approximate surface area is 120 Å². The van der Waals surface area contributed by atoms with Gasteiger partial charge in [-0.1, -0.05) is 20.8 Å². The SMILES string of the molecule is CC(N)C1CCN(C(=O)c2n[nH]c(C(C)(C)C)n2)CC1. The number of hydrogen-bond donors (Lipinski definition) is 2. The summed E-state index contributed by atoms with van der Waals surface area (Å²) in [7, 11) is 0. The van der Waals surface area contributed by atoms with E-state index < -0.39 is 0 Å². The van der Waals surface area contributed by atoms with Crippen molar-refractivity contribution in [2.24, 2.45) is 11.7 Å². The molecule has 1 unspecified atom stereocenters. The Morgan fingerprint density at radius 3 is 2.45 bits per heavy atom. The molecule has 20 heavy (non-hydrogen) atoms. The van der Waals surface area contributed by atoms with Gasteiger partial charge in [0.1, 0.15) is 5.82 Å². The van der Waals surface area contributed by atoms with E-state index in [1.54, 1.807) is 0 Å². The first-order valence-corrected chi connectivity index (χ1v) is 7.27. The molecule has 6 nitrogen and oxygen atoms in total. The van der Waals surface area contributed by atoms with Crippen molar-refractivity contribution >= 4 is 5.91 Å². The second-order valence-electron chi connectivity index (χ2n) is 6.75. The molecule has 1 saturated heterocycles. The molecule has 0 bridgehead atoms. The van der Waals surface area contributed by atoms with Gasteiger partial charge in [0, 0.05) is 24.5 Å². The lowest BCUT2D eigenvalue weighted by Crippen LogP contribution is -2.42. The number of nitrogens with two attached hydrogens (primary N) is 1. The lowest BCUT2D eigenvalue weighted by Gasteiger charge is -2.33. The zero-order chi connectivity index (χ0) is 14.9. The molecule has 6 heteroatoms. The van der Waals surface area contributed by atoms with Gasteiger partial charge in [-0.3, -0.25) is 9.89 Å². The second-order valence-corrected chi connectivity index (χ2v) is 6.75. The largest absolute Gasteiger partial charge is 0.336 e. The molecule has 3 N–H and O–H groups in total. The van der Waals surface area contributed by atoms with Gasteiger partial charge in [0.2, 0.25) is 5.82 Å². The molecular weight excluding hydrogens is 254 g/mol. The van der Waals surface area contributed by atoms with Gasteiger partial charge in [-0.05, 0) is 25.7 Å². The minimum Gasteiger partial charge on any atom is -0.336 e. The predicted octanol–water partition coefficient (Wildman–Crippen LogP) is 1.30. The highest BCUT2D eigenvalue weighted by Gasteiger charge is 2.28. The predicted molar refractivity (Wildman–Crippen MR) is 77.4 cm³/mol. The van der Waals surface area contributed by atoms with E-state index in [1.807, 2.05) is 32.6 Å². The number of nitrogens with one attached hydrogen (secondary N) is 1. The van der Waals surface area contributed by atoms with E-state index in [1.165, 1.54) is 0 Å². The smallest absolute Gasteiger partial charge is 0.293 e. The minimum absolute atomic E-state index is 0.0834. The first-order chi connectivity index (χ1) is 9.29. The summed E-state index contributed by atoms with van der Waals surface area (Å²) < 4.78 is 0. The Morgan fingerprint density at radius 1 is 1.40 bits per heavy atom. The Hall–Kier alpha value is -1.43. The van der Waals surface area contributed by atoms with E-state index >= 15 is 0 Å². The number of aromatic nitrogens is 3. The molecule has 1 amide bonds. The highest BCUT2D eigenvalue weighted by atomic mass is 16.2. The molecular formula is C14H25N5O. The number of hydrogen-bond acceptors (Lipinski definition) is 4. The van der Waals surface area contributed by atoms with E-state index in [0.29, 0.717) is 5.92 Å². The number of carbonyl (C=O) groups is 1. The van der Waals surface area contributed by atoms with E-state index in [9.17, 15) is 4.79 Å². The van der Waals surface area contributed by atoms with Crippen LogP contribution in [0.5, 0.6) is 0 Å². The third kappa shape index (κ3) is 3.17. The Morgan fingerprint density at radius 2 is 2.00 bits per heavy atom. The van der Waals surface area contributed by atoms with Crippen LogP contribution in [0.2, 0.25) is 0 Å². The highest BCUT2D eigenvalue weighted by molar-refractivity contribution is 5.90. The van der Waals surface area contributed by atoms with Crippen molar-refractivity contribution in [3.8, 4) is 0 Å². The molecule has 0 aliphatic carbocycles. The summed E-state index contributed by atoms with van der Waals surface area (Å²) in [5.41, 5.74) is 5.79. The maximum Gasteiger partial charge on any atom is 0.293 e. The number of rotatable bonds is 2. The Bertz CT molecular complexity index is 466. The maximum atomic E-state index is 12.4. The van der Waals surface area contributed by atoms with Crippen molar-refractivity contribution in [1.82, 2.24) is 20.1 Å². The van der Waals surface area contributed by atoms with Gasteiger partial charge in [0.15, 0.2) is 0 Å². The molecule has 1 fully saturated rings. The molecule has 1 aliphatic rings. The summed E-state index contributed by atoms with van der Waals surface area (Å²) in [5.74, 6) is 1.44. The van der Waals surface area contributed by atoms with Gasteiger partial charge in [-0.2, -0.15) is 0 Å². The molecule has 0 saturated carbocycles. The molecule has 0 spiro atoms. The summed E-state index contributed by atoms with van der Waals surface area (Å²) in [6, 6.07) is 0.197. The molecule has 2 heterocycles. The highest BCUT2D eigenvalue weighted by Crippen LogP contribution is 2.21. The molecule has 112 valence electrons. The average Bonchev–Trinajstić information content (AvgIpc) is 2.87. The van der Waals surface area contributed by atoms with Gasteiger partial charge in [0.25, 0.3) is 5.91 Å². The molecule has 1 atom stereocenters. The van der Waals surface area contributed by atoms with Crippen molar-refractivity contribution in [2.45, 2.75) is 52.0 Å². The standard InChI is InChI=1S/C14H25N5O/c1-9(15)10-5-7-19(8-6-10)12(20)11-16-13(18-17-11)14(2,3)4/h9-10H,5-8,15H2,1-4H3,(H,16,17,18). The fraction of sp³-hybridized carbons (Fsp3) is 0.786. The molecule has 0 radical (unpaired) electrons. The summed E-state index contributed by atoms with van der Waals surface area (Å²) in [6.07, 6.45) is 1.92. The maximum absolute atomic E-state index is 12.4. The number of likely N-dealkylation sites (tertiary alicyclic amines) is 1. The zero-order valence-corrected chi connectivity index (χ0v) is 12.8. The first kappa shape index (κ1) is 15.0. The number of aromatic amines is 1. The van der Waals surface area contributed by atoms with Crippen LogP contribution in [0.3, 0.4) is 0 Å². The Kier molecular flexibility index (Phi) is 4.13. The Balaban J connectivity index is 2.01. The summed E-state index contributed by atoms with van der Waals surface area (Å²) in [6.45, 7) is 9.63. The molecule has 1 aromatic rings. The van der Waals surface area contributed by atoms with Crippen molar-refractivity contribution in [2.75, 3.05) is 13.1 Å². The van der Waals surface area contributed by atoms with Crippen LogP contribution in [0.4, 0.5) is 0 Å². The van der Waals surface area contributed by atoms with Crippen molar-refractivity contribution in [1.29, 1.82) is 0 Å². The van der Waals surface area contributed by atoms with Crippen LogP contribution in [-0.2, 0) is 5.41 Å². The van der Waals surface area contributed by atoms with E-state index in [2.05, 4.69) is 15.2 Å². The van der Waals surface area contributed by atoms with E-state index in [-0.39, 0.29) is 23.2 Å². The van der Waals surface area contributed by atoms with Gasteiger partial charge >= 0.3 is 0 Å². The lowest BCUT2D eigenvalue weighted by molar-refractivity contribution is 0.0669. The van der Waals surface area contributed by atoms with E-state index in [4.69, 9.17) is 5.73 Å². The van der Waals surface area contributed by atoms with E-state index in [0.717, 1.165) is 31.8 Å². The normalized spacial score (nSPS) is 19.1. The third-order valence-electron chi connectivity index (χ3n) is 3.96. The number of H-pyrrole nitrogens is 1. The van der Waals surface area contributed by atoms with Crippen LogP contribution in [0.25, 0.3) is 0 Å². The summed E-state index contributed by atoms with van der Waals surface area (Å²) >= 11 is 0. The molecule has 1 aromatic heterocycles.